The Morgan fingerprint density at radius 1 is 1.00 bits per heavy atom. The summed E-state index contributed by atoms with van der Waals surface area (Å²) in [5.41, 5.74) is 2.90. The lowest BCUT2D eigenvalue weighted by Crippen LogP contribution is -2.20. The zero-order valence-electron chi connectivity index (χ0n) is 21.1. The number of nitrogens with one attached hydrogen (secondary N) is 1. The fraction of sp³-hybridized carbons (Fsp3) is 0.179. The Kier molecular flexibility index (Phi) is 6.69. The van der Waals surface area contributed by atoms with Gasteiger partial charge in [-0.3, -0.25) is 14.2 Å². The van der Waals surface area contributed by atoms with Crippen molar-refractivity contribution >= 4 is 45.1 Å². The van der Waals surface area contributed by atoms with Gasteiger partial charge in [0.25, 0.3) is 5.56 Å². The summed E-state index contributed by atoms with van der Waals surface area (Å²) in [6.45, 7) is 1.71. The summed E-state index contributed by atoms with van der Waals surface area (Å²) in [6, 6.07) is 15.8. The number of fused-ring (bicyclic) bond motifs is 3. The van der Waals surface area contributed by atoms with Crippen molar-refractivity contribution in [2.24, 2.45) is 0 Å². The molecule has 38 heavy (non-hydrogen) atoms. The lowest BCUT2D eigenvalue weighted by Gasteiger charge is -2.15. The highest BCUT2D eigenvalue weighted by molar-refractivity contribution is 6.37. The average molecular weight is 534 g/mol. The van der Waals surface area contributed by atoms with E-state index in [0.717, 1.165) is 0 Å². The van der Waals surface area contributed by atoms with E-state index in [-0.39, 0.29) is 17.9 Å². The Hall–Kier alpha value is -4.50. The van der Waals surface area contributed by atoms with Gasteiger partial charge in [0.1, 0.15) is 5.39 Å². The van der Waals surface area contributed by atoms with Crippen molar-refractivity contribution in [3.8, 4) is 22.9 Å². The summed E-state index contributed by atoms with van der Waals surface area (Å²) in [7, 11) is 4.52. The van der Waals surface area contributed by atoms with Crippen molar-refractivity contribution in [2.75, 3.05) is 26.6 Å². The van der Waals surface area contributed by atoms with Gasteiger partial charge >= 0.3 is 0 Å². The highest BCUT2D eigenvalue weighted by Crippen LogP contribution is 2.40. The lowest BCUT2D eigenvalue weighted by atomic mass is 10.1. The van der Waals surface area contributed by atoms with Crippen LogP contribution < -0.4 is 25.1 Å². The first-order chi connectivity index (χ1) is 18.4. The largest absolute Gasteiger partial charge is 0.493 e. The standard InChI is InChI=1S/C28H24ClN3O6/c1-15-24-27(38-31-15)25-19(29)9-6-10-20(25)32(28(24)34)18-8-5-7-16(11-18)12-23(33)30-17-13-21(35-2)26(37-4)22(14-17)36-3/h5-11,13-14H,12H2,1-4H3,(H,30,33). The maximum atomic E-state index is 13.6. The molecule has 0 aliphatic heterocycles. The number of pyridine rings is 1. The van der Waals surface area contributed by atoms with Crippen LogP contribution in [-0.4, -0.2) is 37.0 Å². The number of hydrogen-bond acceptors (Lipinski definition) is 7. The topological polar surface area (TPSA) is 105 Å². The number of carbonyl (C=O) groups is 1. The van der Waals surface area contributed by atoms with Crippen LogP contribution in [0.1, 0.15) is 11.3 Å². The van der Waals surface area contributed by atoms with Crippen LogP contribution in [0.2, 0.25) is 5.02 Å². The summed E-state index contributed by atoms with van der Waals surface area (Å²) in [5.74, 6) is 1.02. The number of rotatable bonds is 7. The number of aryl methyl sites for hydroxylation is 1. The maximum Gasteiger partial charge on any atom is 0.268 e. The number of ether oxygens (including phenoxy) is 3. The van der Waals surface area contributed by atoms with Crippen LogP contribution in [0, 0.1) is 6.92 Å². The maximum absolute atomic E-state index is 13.6. The normalized spacial score (nSPS) is 11.1. The third kappa shape index (κ3) is 4.31. The van der Waals surface area contributed by atoms with E-state index in [1.54, 1.807) is 60.0 Å². The van der Waals surface area contributed by atoms with Crippen LogP contribution >= 0.6 is 11.6 Å². The van der Waals surface area contributed by atoms with E-state index in [2.05, 4.69) is 10.5 Å². The van der Waals surface area contributed by atoms with Crippen molar-refractivity contribution in [2.45, 2.75) is 13.3 Å². The number of benzene rings is 3. The van der Waals surface area contributed by atoms with Crippen molar-refractivity contribution in [1.82, 2.24) is 9.72 Å². The van der Waals surface area contributed by atoms with Gasteiger partial charge in [-0.25, -0.2) is 0 Å². The molecule has 0 aliphatic carbocycles. The third-order valence-electron chi connectivity index (χ3n) is 6.22. The van der Waals surface area contributed by atoms with Gasteiger partial charge in [0, 0.05) is 23.5 Å². The Morgan fingerprint density at radius 3 is 2.39 bits per heavy atom. The molecule has 5 aromatic rings. The zero-order valence-corrected chi connectivity index (χ0v) is 21.9. The molecule has 0 bridgehead atoms. The highest BCUT2D eigenvalue weighted by atomic mass is 35.5. The van der Waals surface area contributed by atoms with Gasteiger partial charge in [-0.15, -0.1) is 0 Å². The van der Waals surface area contributed by atoms with Gasteiger partial charge < -0.3 is 24.1 Å². The number of methoxy groups -OCH3 is 3. The Balaban J connectivity index is 1.51. The van der Waals surface area contributed by atoms with E-state index in [1.807, 2.05) is 6.07 Å². The summed E-state index contributed by atoms with van der Waals surface area (Å²) in [4.78, 5) is 26.6. The average Bonchev–Trinajstić information content (AvgIpc) is 3.29. The fourth-order valence-corrected chi connectivity index (χ4v) is 4.80. The molecule has 2 heterocycles. The molecule has 1 N–H and O–H groups in total. The first-order valence-corrected chi connectivity index (χ1v) is 12.0. The molecule has 0 spiro atoms. The second-order valence-corrected chi connectivity index (χ2v) is 8.96. The van der Waals surface area contributed by atoms with Gasteiger partial charge in [-0.1, -0.05) is 35.0 Å². The number of hydrogen-bond donors (Lipinski definition) is 1. The van der Waals surface area contributed by atoms with Crippen molar-refractivity contribution in [3.63, 3.8) is 0 Å². The van der Waals surface area contributed by atoms with Crippen molar-refractivity contribution in [3.05, 3.63) is 81.2 Å². The number of amides is 1. The molecule has 0 aliphatic rings. The number of aromatic nitrogens is 2. The molecule has 194 valence electrons. The van der Waals surface area contributed by atoms with E-state index in [0.29, 0.717) is 66.8 Å². The third-order valence-corrected chi connectivity index (χ3v) is 6.54. The number of halogens is 1. The van der Waals surface area contributed by atoms with E-state index in [1.165, 1.54) is 21.3 Å². The van der Waals surface area contributed by atoms with Crippen LogP contribution in [0.3, 0.4) is 0 Å². The lowest BCUT2D eigenvalue weighted by molar-refractivity contribution is -0.115. The minimum absolute atomic E-state index is 0.0620. The molecule has 0 unspecified atom stereocenters. The van der Waals surface area contributed by atoms with E-state index in [4.69, 9.17) is 30.3 Å². The SMILES string of the molecule is COc1cc(NC(=O)Cc2cccc(-n3c(=O)c4c(C)noc4c4c(Cl)cccc43)c2)cc(OC)c1OC. The predicted molar refractivity (Wildman–Crippen MR) is 145 cm³/mol. The van der Waals surface area contributed by atoms with Crippen LogP contribution in [0.15, 0.2) is 63.9 Å². The van der Waals surface area contributed by atoms with Crippen molar-refractivity contribution < 1.29 is 23.5 Å². The predicted octanol–water partition coefficient (Wildman–Crippen LogP) is 5.30. The fourth-order valence-electron chi connectivity index (χ4n) is 4.54. The molecule has 0 fully saturated rings. The van der Waals surface area contributed by atoms with E-state index >= 15 is 0 Å². The molecular weight excluding hydrogens is 510 g/mol. The Labute approximate surface area is 222 Å². The summed E-state index contributed by atoms with van der Waals surface area (Å²) in [5, 5.41) is 8.25. The molecular formula is C28H24ClN3O6. The Morgan fingerprint density at radius 2 is 1.71 bits per heavy atom. The number of carbonyl (C=O) groups excluding carboxylic acids is 1. The second-order valence-electron chi connectivity index (χ2n) is 8.56. The molecule has 10 heteroatoms. The minimum Gasteiger partial charge on any atom is -0.493 e. The van der Waals surface area contributed by atoms with E-state index < -0.39 is 0 Å². The monoisotopic (exact) mass is 533 g/mol. The van der Waals surface area contributed by atoms with Gasteiger partial charge in [0.15, 0.2) is 17.1 Å². The van der Waals surface area contributed by atoms with Gasteiger partial charge in [0.2, 0.25) is 11.7 Å². The molecule has 0 atom stereocenters. The Bertz CT molecular complexity index is 1730. The first-order valence-electron chi connectivity index (χ1n) is 11.6. The van der Waals surface area contributed by atoms with Crippen LogP contribution in [0.4, 0.5) is 5.69 Å². The first kappa shape index (κ1) is 25.2. The summed E-state index contributed by atoms with van der Waals surface area (Å²) < 4.78 is 23.1. The van der Waals surface area contributed by atoms with Crippen molar-refractivity contribution in [1.29, 1.82) is 0 Å². The van der Waals surface area contributed by atoms with Gasteiger partial charge in [-0.05, 0) is 36.8 Å². The van der Waals surface area contributed by atoms with Gasteiger partial charge in [0.05, 0.1) is 49.4 Å². The van der Waals surface area contributed by atoms with Crippen LogP contribution in [-0.2, 0) is 11.2 Å². The van der Waals surface area contributed by atoms with Gasteiger partial charge in [-0.2, -0.15) is 0 Å². The van der Waals surface area contributed by atoms with E-state index in [9.17, 15) is 9.59 Å². The molecule has 3 aromatic carbocycles. The number of nitrogens with zero attached hydrogens (tertiary/aromatic N) is 2. The highest BCUT2D eigenvalue weighted by Gasteiger charge is 2.20. The molecule has 2 aromatic heterocycles. The quantitative estimate of drug-likeness (QED) is 0.302. The molecule has 9 nitrogen and oxygen atoms in total. The molecule has 0 saturated carbocycles. The summed E-state index contributed by atoms with van der Waals surface area (Å²) >= 11 is 6.51. The molecule has 0 radical (unpaired) electrons. The minimum atomic E-state index is -0.285. The molecule has 0 saturated heterocycles. The smallest absolute Gasteiger partial charge is 0.268 e. The molecule has 1 amide bonds. The molecule has 5 rings (SSSR count). The zero-order chi connectivity index (χ0) is 27.0. The second kappa shape index (κ2) is 10.1. The van der Waals surface area contributed by atoms with Crippen LogP contribution in [0.5, 0.6) is 17.2 Å². The number of anilines is 1. The van der Waals surface area contributed by atoms with Crippen LogP contribution in [0.25, 0.3) is 27.6 Å². The summed E-state index contributed by atoms with van der Waals surface area (Å²) in [6.07, 6.45) is 0.0620.